The van der Waals surface area contributed by atoms with Crippen LogP contribution >= 0.6 is 0 Å². The summed E-state index contributed by atoms with van der Waals surface area (Å²) in [5.41, 5.74) is 0. The van der Waals surface area contributed by atoms with Gasteiger partial charge < -0.3 is 10.0 Å². The summed E-state index contributed by atoms with van der Waals surface area (Å²) in [6.45, 7) is 6.86. The van der Waals surface area contributed by atoms with E-state index in [9.17, 15) is 5.11 Å². The summed E-state index contributed by atoms with van der Waals surface area (Å²) in [6, 6.07) is 0.847. The second-order valence-electron chi connectivity index (χ2n) is 5.56. The van der Waals surface area contributed by atoms with Crippen molar-refractivity contribution < 1.29 is 5.11 Å². The molecule has 15 heavy (non-hydrogen) atoms. The molecule has 0 spiro atoms. The van der Waals surface area contributed by atoms with Gasteiger partial charge in [0, 0.05) is 12.6 Å². The molecule has 0 aliphatic heterocycles. The van der Waals surface area contributed by atoms with Crippen LogP contribution in [0.15, 0.2) is 0 Å². The Kier molecular flexibility index (Phi) is 3.68. The van der Waals surface area contributed by atoms with Crippen LogP contribution < -0.4 is 0 Å². The van der Waals surface area contributed by atoms with Crippen molar-refractivity contribution in [1.29, 1.82) is 0 Å². The molecule has 2 aliphatic carbocycles. The highest BCUT2D eigenvalue weighted by Crippen LogP contribution is 2.33. The second kappa shape index (κ2) is 4.84. The summed E-state index contributed by atoms with van der Waals surface area (Å²) in [7, 11) is 0. The highest BCUT2D eigenvalue weighted by atomic mass is 16.3. The Balaban J connectivity index is 1.84. The average Bonchev–Trinajstić information content (AvgIpc) is 3.03. The van der Waals surface area contributed by atoms with Crippen LogP contribution in [0.3, 0.4) is 0 Å². The molecule has 2 saturated carbocycles. The van der Waals surface area contributed by atoms with E-state index in [0.29, 0.717) is 5.92 Å². The van der Waals surface area contributed by atoms with Gasteiger partial charge in [0.05, 0.1) is 6.10 Å². The highest BCUT2D eigenvalue weighted by Gasteiger charge is 2.33. The standard InChI is InChI=1S/C13H25NO/c1-3-14(12-5-6-12)9-11-8-10(2)4-7-13(11)15/h10-13,15H,3-9H2,1-2H3. The Hall–Kier alpha value is -0.0800. The maximum Gasteiger partial charge on any atom is 0.0580 e. The van der Waals surface area contributed by atoms with Gasteiger partial charge in [-0.15, -0.1) is 0 Å². The van der Waals surface area contributed by atoms with E-state index in [2.05, 4.69) is 18.7 Å². The van der Waals surface area contributed by atoms with Gasteiger partial charge in [0.25, 0.3) is 0 Å². The van der Waals surface area contributed by atoms with Crippen LogP contribution in [-0.4, -0.2) is 35.2 Å². The minimum Gasteiger partial charge on any atom is -0.393 e. The Morgan fingerprint density at radius 1 is 1.20 bits per heavy atom. The number of hydrogen-bond acceptors (Lipinski definition) is 2. The fraction of sp³-hybridized carbons (Fsp3) is 1.00. The molecule has 3 unspecified atom stereocenters. The lowest BCUT2D eigenvalue weighted by atomic mass is 9.80. The van der Waals surface area contributed by atoms with Crippen LogP contribution in [0.4, 0.5) is 0 Å². The molecule has 2 heteroatoms. The van der Waals surface area contributed by atoms with Crippen molar-refractivity contribution >= 4 is 0 Å². The van der Waals surface area contributed by atoms with Gasteiger partial charge in [0.2, 0.25) is 0 Å². The SMILES string of the molecule is CCN(CC1CC(C)CCC1O)C1CC1. The normalized spacial score (nSPS) is 37.2. The van der Waals surface area contributed by atoms with Crippen LogP contribution in [0.2, 0.25) is 0 Å². The molecule has 2 rings (SSSR count). The molecule has 1 N–H and O–H groups in total. The Morgan fingerprint density at radius 2 is 1.93 bits per heavy atom. The van der Waals surface area contributed by atoms with Gasteiger partial charge in [-0.05, 0) is 50.5 Å². The number of rotatable bonds is 4. The van der Waals surface area contributed by atoms with E-state index in [-0.39, 0.29) is 6.10 Å². The first-order chi connectivity index (χ1) is 7.20. The predicted molar refractivity (Wildman–Crippen MR) is 62.8 cm³/mol. The zero-order chi connectivity index (χ0) is 10.8. The molecule has 0 aromatic carbocycles. The van der Waals surface area contributed by atoms with E-state index in [1.54, 1.807) is 0 Å². The summed E-state index contributed by atoms with van der Waals surface area (Å²) in [6.07, 6.45) is 6.19. The molecular weight excluding hydrogens is 186 g/mol. The quantitative estimate of drug-likeness (QED) is 0.771. The van der Waals surface area contributed by atoms with Crippen molar-refractivity contribution in [1.82, 2.24) is 4.90 Å². The molecule has 0 heterocycles. The van der Waals surface area contributed by atoms with E-state index >= 15 is 0 Å². The minimum atomic E-state index is -0.0333. The van der Waals surface area contributed by atoms with Crippen LogP contribution in [-0.2, 0) is 0 Å². The van der Waals surface area contributed by atoms with Gasteiger partial charge in [-0.25, -0.2) is 0 Å². The van der Waals surface area contributed by atoms with Gasteiger partial charge in [-0.2, -0.15) is 0 Å². The summed E-state index contributed by atoms with van der Waals surface area (Å²) < 4.78 is 0. The maximum atomic E-state index is 10.0. The summed E-state index contributed by atoms with van der Waals surface area (Å²) >= 11 is 0. The molecule has 0 bridgehead atoms. The van der Waals surface area contributed by atoms with Crippen LogP contribution in [0.25, 0.3) is 0 Å². The van der Waals surface area contributed by atoms with Crippen LogP contribution in [0, 0.1) is 11.8 Å². The summed E-state index contributed by atoms with van der Waals surface area (Å²) in [5.74, 6) is 1.35. The zero-order valence-electron chi connectivity index (χ0n) is 10.2. The predicted octanol–water partition coefficient (Wildman–Crippen LogP) is 2.27. The first kappa shape index (κ1) is 11.4. The molecular formula is C13H25NO. The highest BCUT2D eigenvalue weighted by molar-refractivity contribution is 4.87. The van der Waals surface area contributed by atoms with Crippen molar-refractivity contribution in [3.05, 3.63) is 0 Å². The van der Waals surface area contributed by atoms with Crippen LogP contribution in [0.5, 0.6) is 0 Å². The Labute approximate surface area is 93.7 Å². The fourth-order valence-corrected chi connectivity index (χ4v) is 2.96. The number of aliphatic hydroxyl groups is 1. The van der Waals surface area contributed by atoms with Crippen molar-refractivity contribution in [3.8, 4) is 0 Å². The van der Waals surface area contributed by atoms with Crippen LogP contribution in [0.1, 0.15) is 46.0 Å². The molecule has 0 saturated heterocycles. The lowest BCUT2D eigenvalue weighted by Crippen LogP contribution is -2.39. The van der Waals surface area contributed by atoms with Crippen molar-refractivity contribution in [3.63, 3.8) is 0 Å². The van der Waals surface area contributed by atoms with Gasteiger partial charge in [0.15, 0.2) is 0 Å². The minimum absolute atomic E-state index is 0.0333. The van der Waals surface area contributed by atoms with Gasteiger partial charge in [-0.3, -0.25) is 0 Å². The largest absolute Gasteiger partial charge is 0.393 e. The van der Waals surface area contributed by atoms with E-state index in [4.69, 9.17) is 0 Å². The monoisotopic (exact) mass is 211 g/mol. The summed E-state index contributed by atoms with van der Waals surface area (Å²) in [5, 5.41) is 10.0. The van der Waals surface area contributed by atoms with Crippen molar-refractivity contribution in [2.45, 2.75) is 58.1 Å². The molecule has 2 nitrogen and oxygen atoms in total. The molecule has 2 aliphatic rings. The van der Waals surface area contributed by atoms with E-state index < -0.39 is 0 Å². The molecule has 0 radical (unpaired) electrons. The zero-order valence-corrected chi connectivity index (χ0v) is 10.2. The number of nitrogens with zero attached hydrogens (tertiary/aromatic N) is 1. The summed E-state index contributed by atoms with van der Waals surface area (Å²) in [4.78, 5) is 2.58. The molecule has 0 aromatic rings. The third kappa shape index (κ3) is 2.94. The lowest BCUT2D eigenvalue weighted by Gasteiger charge is -2.35. The van der Waals surface area contributed by atoms with E-state index in [0.717, 1.165) is 31.5 Å². The van der Waals surface area contributed by atoms with E-state index in [1.165, 1.54) is 25.7 Å². The smallest absolute Gasteiger partial charge is 0.0580 e. The Morgan fingerprint density at radius 3 is 2.53 bits per heavy atom. The van der Waals surface area contributed by atoms with Gasteiger partial charge >= 0.3 is 0 Å². The molecule has 2 fully saturated rings. The first-order valence-electron chi connectivity index (χ1n) is 6.62. The van der Waals surface area contributed by atoms with Gasteiger partial charge in [0.1, 0.15) is 0 Å². The third-order valence-electron chi connectivity index (χ3n) is 4.14. The third-order valence-corrected chi connectivity index (χ3v) is 4.14. The average molecular weight is 211 g/mol. The lowest BCUT2D eigenvalue weighted by molar-refractivity contribution is 0.0299. The Bertz CT molecular complexity index is 203. The topological polar surface area (TPSA) is 23.5 Å². The maximum absolute atomic E-state index is 10.0. The van der Waals surface area contributed by atoms with Gasteiger partial charge in [-0.1, -0.05) is 13.8 Å². The molecule has 3 atom stereocenters. The molecule has 88 valence electrons. The number of hydrogen-bond donors (Lipinski definition) is 1. The number of aliphatic hydroxyl groups excluding tert-OH is 1. The fourth-order valence-electron chi connectivity index (χ4n) is 2.96. The first-order valence-corrected chi connectivity index (χ1v) is 6.62. The second-order valence-corrected chi connectivity index (χ2v) is 5.56. The molecule has 0 aromatic heterocycles. The van der Waals surface area contributed by atoms with Crippen molar-refractivity contribution in [2.75, 3.05) is 13.1 Å². The van der Waals surface area contributed by atoms with E-state index in [1.807, 2.05) is 0 Å². The molecule has 0 amide bonds. The van der Waals surface area contributed by atoms with Crippen molar-refractivity contribution in [2.24, 2.45) is 11.8 Å².